The molecule has 0 radical (unpaired) electrons. The van der Waals surface area contributed by atoms with Crippen molar-refractivity contribution in [1.82, 2.24) is 5.32 Å². The van der Waals surface area contributed by atoms with Crippen molar-refractivity contribution in [3.8, 4) is 0 Å². The summed E-state index contributed by atoms with van der Waals surface area (Å²) in [6.45, 7) is 0. The van der Waals surface area contributed by atoms with Crippen LogP contribution in [0.5, 0.6) is 0 Å². The smallest absolute Gasteiger partial charge is 0.541 e. The van der Waals surface area contributed by atoms with Crippen LogP contribution in [-0.2, 0) is 26.0 Å². The van der Waals surface area contributed by atoms with Crippen LogP contribution in [0.1, 0.15) is 23.5 Å². The summed E-state index contributed by atoms with van der Waals surface area (Å²) in [5, 5.41) is 3.24. The van der Waals surface area contributed by atoms with Crippen LogP contribution in [0, 0.1) is 0 Å². The number of carbonyl (C=O) groups excluding carboxylic acids is 2. The molecule has 1 aliphatic heterocycles. The maximum absolute atomic E-state index is 12.5. The van der Waals surface area contributed by atoms with Gasteiger partial charge in [-0.15, -0.1) is 0 Å². The third-order valence-corrected chi connectivity index (χ3v) is 8.31. The van der Waals surface area contributed by atoms with Gasteiger partial charge in [0.1, 0.15) is 10.0 Å². The predicted molar refractivity (Wildman–Crippen MR) is 154 cm³/mol. The minimum atomic E-state index is -4.04. The summed E-state index contributed by atoms with van der Waals surface area (Å²) in [6, 6.07) is 24.7. The molecule has 196 valence electrons. The summed E-state index contributed by atoms with van der Waals surface area (Å²) in [5.41, 5.74) is 3.44. The molecule has 10 heteroatoms. The fourth-order valence-electron chi connectivity index (χ4n) is 4.11. The van der Waals surface area contributed by atoms with Gasteiger partial charge in [-0.3, -0.25) is 4.79 Å². The minimum absolute atomic E-state index is 0. The van der Waals surface area contributed by atoms with Gasteiger partial charge in [-0.25, -0.2) is 13.4 Å². The Morgan fingerprint density at radius 1 is 1.00 bits per heavy atom. The summed E-state index contributed by atoms with van der Waals surface area (Å²) in [5.74, 6) is -0.634. The molecule has 0 saturated carbocycles. The molecule has 1 N–H and O–H groups in total. The molecular weight excluding hydrogens is 553 g/mol. The number of hydrogen-bond donors (Lipinski definition) is 1. The van der Waals surface area contributed by atoms with E-state index in [2.05, 4.69) is 39.3 Å². The third-order valence-electron chi connectivity index (χ3n) is 6.09. The molecule has 0 bridgehead atoms. The van der Waals surface area contributed by atoms with Crippen LogP contribution in [0.25, 0.3) is 4.72 Å². The van der Waals surface area contributed by atoms with Crippen LogP contribution in [-0.4, -0.2) is 25.4 Å². The van der Waals surface area contributed by atoms with E-state index in [0.29, 0.717) is 27.2 Å². The van der Waals surface area contributed by atoms with Crippen molar-refractivity contribution in [2.75, 3.05) is 0 Å². The van der Waals surface area contributed by atoms with Gasteiger partial charge >= 0.3 is 29.6 Å². The third kappa shape index (κ3) is 7.71. The predicted octanol–water partition coefficient (Wildman–Crippen LogP) is 2.93. The number of hydrogen-bond acceptors (Lipinski definition) is 6. The van der Waals surface area contributed by atoms with Crippen molar-refractivity contribution in [3.05, 3.63) is 136 Å². The van der Waals surface area contributed by atoms with Gasteiger partial charge in [0, 0.05) is 12.3 Å². The summed E-state index contributed by atoms with van der Waals surface area (Å²) >= 11 is 1.26. The molecule has 1 fully saturated rings. The number of sulfonamides is 1. The maximum atomic E-state index is 12.5. The van der Waals surface area contributed by atoms with Gasteiger partial charge in [-0.1, -0.05) is 78.9 Å². The number of amidine groups is 1. The van der Waals surface area contributed by atoms with Crippen LogP contribution < -0.4 is 34.9 Å². The molecule has 3 aromatic rings. The second-order valence-corrected chi connectivity index (χ2v) is 11.5. The van der Waals surface area contributed by atoms with Gasteiger partial charge in [0.25, 0.3) is 5.91 Å². The minimum Gasteiger partial charge on any atom is -0.541 e. The molecular formula is C30H24N3NaO4S2. The first-order valence-electron chi connectivity index (χ1n) is 12.2. The molecule has 5 rings (SSSR count). The zero-order chi connectivity index (χ0) is 27.2. The van der Waals surface area contributed by atoms with E-state index in [1.807, 2.05) is 30.4 Å². The number of carbonyl (C=O) groups is 2. The van der Waals surface area contributed by atoms with E-state index in [1.54, 1.807) is 42.5 Å². The normalized spacial score (nSPS) is 18.6. The zero-order valence-electron chi connectivity index (χ0n) is 21.7. The fraction of sp³-hybridized carbons (Fsp3) is 0.100. The SMILES string of the molecule is O=C(Cc1ccc(N=C2NC(=O)C(=CC3=CCC(c4ccccc4)C=C3)S2)cc1)[N-]S(=O)(=O)c1ccccc1.[Na+]. The fourth-order valence-corrected chi connectivity index (χ4v) is 5.90. The van der Waals surface area contributed by atoms with Crippen LogP contribution in [0.15, 0.2) is 130 Å². The van der Waals surface area contributed by atoms with Gasteiger partial charge in [-0.2, -0.15) is 0 Å². The van der Waals surface area contributed by atoms with Gasteiger partial charge in [0.05, 0.1) is 21.4 Å². The van der Waals surface area contributed by atoms with Crippen LogP contribution in [0.2, 0.25) is 0 Å². The Morgan fingerprint density at radius 2 is 1.68 bits per heavy atom. The van der Waals surface area contributed by atoms with Crippen molar-refractivity contribution in [2.45, 2.75) is 23.7 Å². The van der Waals surface area contributed by atoms with Gasteiger partial charge in [0.2, 0.25) is 0 Å². The largest absolute Gasteiger partial charge is 1.00 e. The second kappa shape index (κ2) is 13.4. The number of aliphatic imine (C=N–C) groups is 1. The quantitative estimate of drug-likeness (QED) is 0.343. The Morgan fingerprint density at radius 3 is 2.33 bits per heavy atom. The molecule has 3 aromatic carbocycles. The number of allylic oxidation sites excluding steroid dienone is 5. The first-order chi connectivity index (χ1) is 18.9. The standard InChI is InChI=1S/C30H25N3O4S2.Na/c34-28(33-39(36,37)26-9-5-2-6-10-26)20-22-13-17-25(18-14-22)31-30-32-29(35)27(38-30)19-21-11-15-24(16-12-21)23-7-3-1-4-8-23;/h1-15,17-19,24H,16,20H2,(H2,31,32,33,34,35);/q;+1/p-1. The summed E-state index contributed by atoms with van der Waals surface area (Å²) in [4.78, 5) is 29.8. The molecule has 40 heavy (non-hydrogen) atoms. The van der Waals surface area contributed by atoms with E-state index >= 15 is 0 Å². The molecule has 0 spiro atoms. The topological polar surface area (TPSA) is 107 Å². The number of amides is 2. The van der Waals surface area contributed by atoms with Crippen molar-refractivity contribution in [2.24, 2.45) is 4.99 Å². The van der Waals surface area contributed by atoms with Crippen molar-refractivity contribution < 1.29 is 47.6 Å². The number of benzene rings is 3. The van der Waals surface area contributed by atoms with Gasteiger partial charge in [-0.05, 0) is 65.2 Å². The second-order valence-electron chi connectivity index (χ2n) is 8.91. The Bertz CT molecular complexity index is 1620. The average molecular weight is 578 g/mol. The Labute approximate surface area is 259 Å². The molecule has 1 atom stereocenters. The summed E-state index contributed by atoms with van der Waals surface area (Å²) in [6.07, 6.45) is 8.90. The molecule has 1 heterocycles. The van der Waals surface area contributed by atoms with E-state index < -0.39 is 15.9 Å². The summed E-state index contributed by atoms with van der Waals surface area (Å²) < 4.78 is 28.0. The molecule has 7 nitrogen and oxygen atoms in total. The van der Waals surface area contributed by atoms with E-state index in [4.69, 9.17) is 0 Å². The van der Waals surface area contributed by atoms with E-state index in [9.17, 15) is 18.0 Å². The monoisotopic (exact) mass is 577 g/mol. The Kier molecular flexibility index (Phi) is 9.99. The number of nitrogens with one attached hydrogen (secondary N) is 1. The van der Waals surface area contributed by atoms with Crippen LogP contribution in [0.3, 0.4) is 0 Å². The molecule has 1 saturated heterocycles. The average Bonchev–Trinajstić information content (AvgIpc) is 3.29. The van der Waals surface area contributed by atoms with Crippen LogP contribution in [0.4, 0.5) is 5.69 Å². The number of nitrogens with zero attached hydrogens (tertiary/aromatic N) is 2. The first-order valence-corrected chi connectivity index (χ1v) is 14.5. The van der Waals surface area contributed by atoms with E-state index in [-0.39, 0.29) is 46.8 Å². The number of rotatable bonds is 7. The van der Waals surface area contributed by atoms with Gasteiger partial charge in [0.15, 0.2) is 5.17 Å². The van der Waals surface area contributed by atoms with Crippen molar-refractivity contribution in [3.63, 3.8) is 0 Å². The van der Waals surface area contributed by atoms with Crippen LogP contribution >= 0.6 is 11.8 Å². The van der Waals surface area contributed by atoms with Crippen molar-refractivity contribution in [1.29, 1.82) is 0 Å². The van der Waals surface area contributed by atoms with Crippen molar-refractivity contribution >= 4 is 44.5 Å². The Balaban J connectivity index is 0.00000370. The molecule has 2 amide bonds. The summed E-state index contributed by atoms with van der Waals surface area (Å²) in [7, 11) is -4.04. The van der Waals surface area contributed by atoms with E-state index in [1.165, 1.54) is 29.5 Å². The molecule has 1 aliphatic carbocycles. The van der Waals surface area contributed by atoms with E-state index in [0.717, 1.165) is 12.0 Å². The first kappa shape index (κ1) is 29.8. The number of thioether (sulfide) groups is 1. The molecule has 2 aliphatic rings. The maximum Gasteiger partial charge on any atom is 1.00 e. The zero-order valence-corrected chi connectivity index (χ0v) is 25.4. The molecule has 0 aromatic heterocycles. The molecule has 1 unspecified atom stereocenters. The Hall–Kier alpha value is -3.21. The van der Waals surface area contributed by atoms with Gasteiger partial charge < -0.3 is 14.8 Å².